The first-order valence-electron chi connectivity index (χ1n) is 11.9. The smallest absolute Gasteiger partial charge is 0.416 e. The highest BCUT2D eigenvalue weighted by atomic mass is 19.4. The molecule has 37 heavy (non-hydrogen) atoms. The zero-order chi connectivity index (χ0) is 26.0. The first-order chi connectivity index (χ1) is 17.8. The molecule has 0 bridgehead atoms. The molecule has 0 atom stereocenters. The molecule has 7 nitrogen and oxygen atoms in total. The van der Waals surface area contributed by atoms with Crippen LogP contribution in [0.3, 0.4) is 0 Å². The number of benzene rings is 2. The van der Waals surface area contributed by atoms with Gasteiger partial charge >= 0.3 is 12.1 Å². The van der Waals surface area contributed by atoms with Crippen LogP contribution in [-0.4, -0.2) is 44.3 Å². The summed E-state index contributed by atoms with van der Waals surface area (Å²) < 4.78 is 38.4. The van der Waals surface area contributed by atoms with Gasteiger partial charge in [-0.3, -0.25) is 9.89 Å². The van der Waals surface area contributed by atoms with E-state index in [-0.39, 0.29) is 6.42 Å². The highest BCUT2D eigenvalue weighted by Gasteiger charge is 2.30. The molecule has 190 valence electrons. The molecule has 2 N–H and O–H groups in total. The molecule has 1 fully saturated rings. The molecule has 1 aliphatic heterocycles. The van der Waals surface area contributed by atoms with Gasteiger partial charge in [0.05, 0.1) is 12.0 Å². The first kappa shape index (κ1) is 24.5. The van der Waals surface area contributed by atoms with Crippen LogP contribution in [0, 0.1) is 0 Å². The number of aliphatic carboxylic acids is 1. The minimum atomic E-state index is -4.39. The van der Waals surface area contributed by atoms with Crippen molar-refractivity contribution < 1.29 is 23.1 Å². The number of rotatable bonds is 6. The lowest BCUT2D eigenvalue weighted by Gasteiger charge is -2.33. The summed E-state index contributed by atoms with van der Waals surface area (Å²) in [5.41, 5.74) is 2.53. The minimum Gasteiger partial charge on any atom is -0.481 e. The second-order valence-corrected chi connectivity index (χ2v) is 9.06. The highest BCUT2D eigenvalue weighted by Crippen LogP contribution is 2.32. The maximum atomic E-state index is 12.8. The lowest BCUT2D eigenvalue weighted by Crippen LogP contribution is -2.33. The molecule has 0 spiro atoms. The number of nitrogens with zero attached hydrogens (tertiary/aromatic N) is 4. The van der Waals surface area contributed by atoms with Gasteiger partial charge in [0.2, 0.25) is 0 Å². The van der Waals surface area contributed by atoms with Gasteiger partial charge in [-0.25, -0.2) is 9.97 Å². The highest BCUT2D eigenvalue weighted by molar-refractivity contribution is 5.70. The molecule has 0 unspecified atom stereocenters. The summed E-state index contributed by atoms with van der Waals surface area (Å²) >= 11 is 0. The van der Waals surface area contributed by atoms with Gasteiger partial charge in [-0.1, -0.05) is 36.4 Å². The number of aromatic amines is 1. The fourth-order valence-corrected chi connectivity index (χ4v) is 4.57. The molecule has 10 heteroatoms. The van der Waals surface area contributed by atoms with E-state index in [1.165, 1.54) is 17.7 Å². The molecule has 0 aliphatic carbocycles. The van der Waals surface area contributed by atoms with Crippen molar-refractivity contribution in [3.8, 4) is 22.8 Å². The fraction of sp³-hybridized carbons (Fsp3) is 0.259. The summed E-state index contributed by atoms with van der Waals surface area (Å²) in [5, 5.41) is 15.9. The molecule has 3 heterocycles. The molecule has 0 amide bonds. The van der Waals surface area contributed by atoms with Crippen molar-refractivity contribution in [3.63, 3.8) is 0 Å². The fourth-order valence-electron chi connectivity index (χ4n) is 4.57. The number of carbonyl (C=O) groups is 1. The van der Waals surface area contributed by atoms with Crippen LogP contribution in [0.5, 0.6) is 0 Å². The van der Waals surface area contributed by atoms with Crippen LogP contribution in [0.4, 0.5) is 19.0 Å². The number of pyridine rings is 1. The maximum Gasteiger partial charge on any atom is 0.416 e. The standard InChI is InChI=1S/C27H24F3N5O2/c28-27(29,30)22-8-5-20(6-9-22)25-32-26(34-33-25)21-7-10-23(31-16-21)35-13-11-19(12-14-35)18-3-1-17(2-4-18)15-24(36)37/h1-10,16,19H,11-15H2,(H,36,37)(H,32,33,34). The molecular weight excluding hydrogens is 483 g/mol. The molecule has 5 rings (SSSR count). The van der Waals surface area contributed by atoms with E-state index in [9.17, 15) is 18.0 Å². The van der Waals surface area contributed by atoms with E-state index in [4.69, 9.17) is 5.11 Å². The van der Waals surface area contributed by atoms with E-state index in [1.807, 2.05) is 36.4 Å². The minimum absolute atomic E-state index is 0.0323. The Hall–Kier alpha value is -4.21. The third-order valence-electron chi connectivity index (χ3n) is 6.60. The molecular formula is C27H24F3N5O2. The molecule has 0 saturated carbocycles. The summed E-state index contributed by atoms with van der Waals surface area (Å²) in [6.07, 6.45) is -0.714. The van der Waals surface area contributed by atoms with Crippen LogP contribution in [0.2, 0.25) is 0 Å². The number of aromatic nitrogens is 4. The van der Waals surface area contributed by atoms with E-state index in [2.05, 4.69) is 25.1 Å². The zero-order valence-corrected chi connectivity index (χ0v) is 19.7. The first-order valence-corrected chi connectivity index (χ1v) is 11.9. The molecule has 2 aromatic heterocycles. The lowest BCUT2D eigenvalue weighted by atomic mass is 9.89. The summed E-state index contributed by atoms with van der Waals surface area (Å²) in [6, 6.07) is 16.4. The van der Waals surface area contributed by atoms with Gasteiger partial charge in [-0.2, -0.15) is 18.3 Å². The maximum absolute atomic E-state index is 12.8. The monoisotopic (exact) mass is 507 g/mol. The van der Waals surface area contributed by atoms with E-state index in [0.29, 0.717) is 28.7 Å². The lowest BCUT2D eigenvalue weighted by molar-refractivity contribution is -0.138. The average molecular weight is 508 g/mol. The average Bonchev–Trinajstić information content (AvgIpc) is 3.39. The molecule has 0 radical (unpaired) electrons. The number of alkyl halides is 3. The Morgan fingerprint density at radius 3 is 2.24 bits per heavy atom. The van der Waals surface area contributed by atoms with Gasteiger partial charge in [-0.05, 0) is 54.2 Å². The number of carboxylic acid groups (broad SMARTS) is 1. The Kier molecular flexibility index (Phi) is 6.64. The summed E-state index contributed by atoms with van der Waals surface area (Å²) in [5.74, 6) is 1.25. The number of piperidine rings is 1. The summed E-state index contributed by atoms with van der Waals surface area (Å²) in [4.78, 5) is 22.1. The van der Waals surface area contributed by atoms with E-state index >= 15 is 0 Å². The quantitative estimate of drug-likeness (QED) is 0.355. The molecule has 1 saturated heterocycles. The Bertz CT molecular complexity index is 1360. The normalized spacial score (nSPS) is 14.6. The Morgan fingerprint density at radius 2 is 1.65 bits per heavy atom. The number of H-pyrrole nitrogens is 1. The van der Waals surface area contributed by atoms with Crippen molar-refractivity contribution in [2.75, 3.05) is 18.0 Å². The number of anilines is 1. The van der Waals surface area contributed by atoms with Crippen LogP contribution >= 0.6 is 0 Å². The molecule has 4 aromatic rings. The van der Waals surface area contributed by atoms with Crippen molar-refractivity contribution in [3.05, 3.63) is 83.6 Å². The van der Waals surface area contributed by atoms with Crippen LogP contribution in [0.25, 0.3) is 22.8 Å². The third-order valence-corrected chi connectivity index (χ3v) is 6.60. The van der Waals surface area contributed by atoms with Gasteiger partial charge < -0.3 is 10.0 Å². The van der Waals surface area contributed by atoms with Crippen molar-refractivity contribution in [2.45, 2.75) is 31.4 Å². The Morgan fingerprint density at radius 1 is 0.973 bits per heavy atom. The Balaban J connectivity index is 1.20. The summed E-state index contributed by atoms with van der Waals surface area (Å²) in [7, 11) is 0. The number of nitrogens with one attached hydrogen (secondary N) is 1. The number of halogens is 3. The predicted octanol–water partition coefficient (Wildman–Crippen LogP) is 5.56. The SMILES string of the molecule is O=C(O)Cc1ccc(C2CCN(c3ccc(-c4n[nH]c(-c5ccc(C(F)(F)F)cc5)n4)cn3)CC2)cc1. The summed E-state index contributed by atoms with van der Waals surface area (Å²) in [6.45, 7) is 1.71. The van der Waals surface area contributed by atoms with E-state index < -0.39 is 17.7 Å². The molecule has 2 aromatic carbocycles. The van der Waals surface area contributed by atoms with Crippen LogP contribution < -0.4 is 4.90 Å². The van der Waals surface area contributed by atoms with Crippen LogP contribution in [0.15, 0.2) is 66.9 Å². The number of carboxylic acids is 1. The molecule has 1 aliphatic rings. The number of hydrogen-bond donors (Lipinski definition) is 2. The van der Waals surface area contributed by atoms with Crippen molar-refractivity contribution >= 4 is 11.8 Å². The zero-order valence-electron chi connectivity index (χ0n) is 19.7. The third kappa shape index (κ3) is 5.63. The van der Waals surface area contributed by atoms with Gasteiger partial charge in [0, 0.05) is 30.4 Å². The van der Waals surface area contributed by atoms with E-state index in [1.54, 1.807) is 6.20 Å². The number of hydrogen-bond acceptors (Lipinski definition) is 5. The van der Waals surface area contributed by atoms with E-state index in [0.717, 1.165) is 49.4 Å². The van der Waals surface area contributed by atoms with Gasteiger partial charge in [0.15, 0.2) is 11.6 Å². The second kappa shape index (κ2) is 10.0. The van der Waals surface area contributed by atoms with Gasteiger partial charge in [0.25, 0.3) is 0 Å². The topological polar surface area (TPSA) is 95.0 Å². The van der Waals surface area contributed by atoms with Crippen molar-refractivity contribution in [1.82, 2.24) is 20.2 Å². The largest absolute Gasteiger partial charge is 0.481 e. The van der Waals surface area contributed by atoms with Gasteiger partial charge in [0.1, 0.15) is 5.82 Å². The second-order valence-electron chi connectivity index (χ2n) is 9.06. The van der Waals surface area contributed by atoms with Crippen molar-refractivity contribution in [1.29, 1.82) is 0 Å². The van der Waals surface area contributed by atoms with Gasteiger partial charge in [-0.15, -0.1) is 0 Å². The van der Waals surface area contributed by atoms with Crippen LogP contribution in [0.1, 0.15) is 35.4 Å². The Labute approximate surface area is 211 Å². The van der Waals surface area contributed by atoms with Crippen molar-refractivity contribution in [2.24, 2.45) is 0 Å². The van der Waals surface area contributed by atoms with Crippen LogP contribution in [-0.2, 0) is 17.4 Å². The predicted molar refractivity (Wildman–Crippen MR) is 132 cm³/mol.